The van der Waals surface area contributed by atoms with Gasteiger partial charge >= 0.3 is 0 Å². The van der Waals surface area contributed by atoms with Crippen LogP contribution in [-0.4, -0.2) is 52.8 Å². The van der Waals surface area contributed by atoms with Gasteiger partial charge in [0.15, 0.2) is 0 Å². The van der Waals surface area contributed by atoms with Crippen molar-refractivity contribution >= 4 is 0 Å². The number of aliphatic hydroxyl groups is 1. The smallest absolute Gasteiger partial charge is 0.251 e. The van der Waals surface area contributed by atoms with Gasteiger partial charge in [0.05, 0.1) is 18.9 Å². The van der Waals surface area contributed by atoms with Gasteiger partial charge in [-0.1, -0.05) is 0 Å². The quantitative estimate of drug-likeness (QED) is 0.739. The summed E-state index contributed by atoms with van der Waals surface area (Å²) in [7, 11) is 0. The lowest BCUT2D eigenvalue weighted by atomic mass is 10.2. The van der Waals surface area contributed by atoms with Crippen LogP contribution in [0.4, 0.5) is 0 Å². The number of β-amino-alcohol motifs (C(OH)–C–C–N with tert-alkyl or cyclic N) is 1. The van der Waals surface area contributed by atoms with E-state index >= 15 is 0 Å². The van der Waals surface area contributed by atoms with Gasteiger partial charge in [-0.25, -0.2) is 4.98 Å². The second-order valence-electron chi connectivity index (χ2n) is 4.14. The van der Waals surface area contributed by atoms with Crippen LogP contribution in [0.2, 0.25) is 0 Å². The van der Waals surface area contributed by atoms with Gasteiger partial charge in [-0.3, -0.25) is 9.69 Å². The average molecular weight is 239 g/mol. The molecule has 1 fully saturated rings. The Labute approximate surface area is 99.2 Å². The highest BCUT2D eigenvalue weighted by atomic mass is 16.5. The number of rotatable bonds is 3. The molecule has 2 N–H and O–H groups in total. The Morgan fingerprint density at radius 2 is 2.53 bits per heavy atom. The first-order valence-electron chi connectivity index (χ1n) is 5.71. The molecule has 94 valence electrons. The summed E-state index contributed by atoms with van der Waals surface area (Å²) in [5, 5.41) is 8.91. The van der Waals surface area contributed by atoms with Crippen molar-refractivity contribution in [1.29, 1.82) is 0 Å². The number of morpholine rings is 1. The van der Waals surface area contributed by atoms with E-state index in [4.69, 9.17) is 9.84 Å². The summed E-state index contributed by atoms with van der Waals surface area (Å²) in [5.74, 6) is 0.593. The fourth-order valence-corrected chi connectivity index (χ4v) is 1.99. The number of ether oxygens (including phenoxy) is 1. The van der Waals surface area contributed by atoms with Gasteiger partial charge in [0, 0.05) is 25.7 Å². The Bertz CT molecular complexity index is 430. The lowest BCUT2D eigenvalue weighted by Gasteiger charge is -2.32. The maximum Gasteiger partial charge on any atom is 0.251 e. The second kappa shape index (κ2) is 5.39. The van der Waals surface area contributed by atoms with Gasteiger partial charge in [0.25, 0.3) is 5.56 Å². The van der Waals surface area contributed by atoms with Gasteiger partial charge in [0.2, 0.25) is 0 Å². The molecule has 0 radical (unpaired) electrons. The number of nitrogens with one attached hydrogen (secondary N) is 1. The van der Waals surface area contributed by atoms with Gasteiger partial charge in [-0.15, -0.1) is 0 Å². The molecule has 0 aromatic carbocycles. The summed E-state index contributed by atoms with van der Waals surface area (Å²) in [6.45, 7) is 4.57. The van der Waals surface area contributed by atoms with E-state index in [1.165, 1.54) is 6.07 Å². The van der Waals surface area contributed by atoms with Crippen molar-refractivity contribution in [1.82, 2.24) is 14.9 Å². The third-order valence-electron chi connectivity index (χ3n) is 2.78. The van der Waals surface area contributed by atoms with Crippen molar-refractivity contribution in [3.63, 3.8) is 0 Å². The number of hydrogen-bond donors (Lipinski definition) is 2. The number of hydrogen-bond acceptors (Lipinski definition) is 5. The van der Waals surface area contributed by atoms with Crippen molar-refractivity contribution < 1.29 is 9.84 Å². The fourth-order valence-electron chi connectivity index (χ4n) is 1.99. The molecule has 2 rings (SSSR count). The van der Waals surface area contributed by atoms with Gasteiger partial charge < -0.3 is 14.8 Å². The van der Waals surface area contributed by atoms with E-state index in [2.05, 4.69) is 14.9 Å². The number of aromatic nitrogens is 2. The number of H-pyrrole nitrogens is 1. The predicted octanol–water partition coefficient (Wildman–Crippen LogP) is -0.556. The van der Waals surface area contributed by atoms with E-state index in [-0.39, 0.29) is 18.3 Å². The maximum absolute atomic E-state index is 11.4. The van der Waals surface area contributed by atoms with Crippen LogP contribution in [0.25, 0.3) is 0 Å². The van der Waals surface area contributed by atoms with Crippen molar-refractivity contribution in [2.75, 3.05) is 32.8 Å². The fraction of sp³-hybridized carbons (Fsp3) is 0.636. The van der Waals surface area contributed by atoms with E-state index in [0.717, 1.165) is 6.54 Å². The minimum Gasteiger partial charge on any atom is -0.395 e. The van der Waals surface area contributed by atoms with Crippen LogP contribution in [0.5, 0.6) is 0 Å². The van der Waals surface area contributed by atoms with Crippen molar-refractivity contribution in [3.05, 3.63) is 27.9 Å². The van der Waals surface area contributed by atoms with Gasteiger partial charge in [-0.2, -0.15) is 0 Å². The molecule has 1 aliphatic heterocycles. The highest BCUT2D eigenvalue weighted by molar-refractivity contribution is 5.07. The molecule has 2 heterocycles. The lowest BCUT2D eigenvalue weighted by molar-refractivity contribution is -0.0359. The topological polar surface area (TPSA) is 78.5 Å². The summed E-state index contributed by atoms with van der Waals surface area (Å²) in [6, 6.07) is 1.47. The Morgan fingerprint density at radius 1 is 1.71 bits per heavy atom. The molecular formula is C11H17N3O3. The highest BCUT2D eigenvalue weighted by Crippen LogP contribution is 2.19. The molecule has 1 aliphatic rings. The van der Waals surface area contributed by atoms with E-state index in [1.54, 1.807) is 6.92 Å². The van der Waals surface area contributed by atoms with Crippen LogP contribution in [0.15, 0.2) is 10.9 Å². The van der Waals surface area contributed by atoms with Crippen molar-refractivity contribution in [2.45, 2.75) is 13.0 Å². The first-order valence-corrected chi connectivity index (χ1v) is 5.71. The Kier molecular flexibility index (Phi) is 3.88. The Balaban J connectivity index is 2.13. The first-order chi connectivity index (χ1) is 8.19. The molecule has 0 bridgehead atoms. The molecule has 0 spiro atoms. The Morgan fingerprint density at radius 3 is 3.24 bits per heavy atom. The van der Waals surface area contributed by atoms with Crippen LogP contribution in [-0.2, 0) is 4.74 Å². The normalized spacial score (nSPS) is 21.6. The first kappa shape index (κ1) is 12.2. The van der Waals surface area contributed by atoms with Gasteiger partial charge in [0.1, 0.15) is 11.9 Å². The molecule has 17 heavy (non-hydrogen) atoms. The Hall–Kier alpha value is -1.24. The molecule has 0 amide bonds. The lowest BCUT2D eigenvalue weighted by Crippen LogP contribution is -2.40. The van der Waals surface area contributed by atoms with E-state index in [0.29, 0.717) is 31.2 Å². The SMILES string of the molecule is Cc1nc(C2CN(CCO)CCO2)cc(=O)[nH]1. The van der Waals surface area contributed by atoms with Crippen molar-refractivity contribution in [2.24, 2.45) is 0 Å². The molecule has 6 nitrogen and oxygen atoms in total. The molecule has 1 saturated heterocycles. The zero-order valence-corrected chi connectivity index (χ0v) is 9.85. The molecule has 1 aromatic heterocycles. The van der Waals surface area contributed by atoms with E-state index < -0.39 is 0 Å². The number of aryl methyl sites for hydroxylation is 1. The zero-order valence-electron chi connectivity index (χ0n) is 9.85. The highest BCUT2D eigenvalue weighted by Gasteiger charge is 2.23. The molecule has 1 unspecified atom stereocenters. The minimum atomic E-state index is -0.184. The summed E-state index contributed by atoms with van der Waals surface area (Å²) >= 11 is 0. The summed E-state index contributed by atoms with van der Waals surface area (Å²) in [4.78, 5) is 20.4. The van der Waals surface area contributed by atoms with E-state index in [9.17, 15) is 4.79 Å². The number of aliphatic hydroxyl groups excluding tert-OH is 1. The van der Waals surface area contributed by atoms with Crippen LogP contribution in [0.1, 0.15) is 17.6 Å². The average Bonchev–Trinajstić information content (AvgIpc) is 2.28. The molecule has 6 heteroatoms. The minimum absolute atomic E-state index is 0.133. The summed E-state index contributed by atoms with van der Waals surface area (Å²) in [6.07, 6.45) is -0.184. The molecular weight excluding hydrogens is 222 g/mol. The van der Waals surface area contributed by atoms with Gasteiger partial charge in [-0.05, 0) is 6.92 Å². The molecule has 0 saturated carbocycles. The third-order valence-corrected chi connectivity index (χ3v) is 2.78. The van der Waals surface area contributed by atoms with Crippen LogP contribution >= 0.6 is 0 Å². The van der Waals surface area contributed by atoms with Crippen LogP contribution < -0.4 is 5.56 Å². The largest absolute Gasteiger partial charge is 0.395 e. The van der Waals surface area contributed by atoms with E-state index in [1.807, 2.05) is 0 Å². The molecule has 1 aromatic rings. The summed E-state index contributed by atoms with van der Waals surface area (Å²) < 4.78 is 5.61. The second-order valence-corrected chi connectivity index (χ2v) is 4.14. The number of nitrogens with zero attached hydrogens (tertiary/aromatic N) is 2. The van der Waals surface area contributed by atoms with Crippen molar-refractivity contribution in [3.8, 4) is 0 Å². The van der Waals surface area contributed by atoms with Crippen LogP contribution in [0, 0.1) is 6.92 Å². The zero-order chi connectivity index (χ0) is 12.3. The van der Waals surface area contributed by atoms with Crippen LogP contribution in [0.3, 0.4) is 0 Å². The molecule has 0 aliphatic carbocycles. The molecule has 1 atom stereocenters. The maximum atomic E-state index is 11.4. The monoisotopic (exact) mass is 239 g/mol. The standard InChI is InChI=1S/C11H17N3O3/c1-8-12-9(6-11(16)13-8)10-7-14(2-4-15)3-5-17-10/h6,10,15H,2-5,7H2,1H3,(H,12,13,16). The third kappa shape index (κ3) is 3.12. The number of aromatic amines is 1. The summed E-state index contributed by atoms with van der Waals surface area (Å²) in [5.41, 5.74) is 0.504. The predicted molar refractivity (Wildman–Crippen MR) is 61.8 cm³/mol.